The van der Waals surface area contributed by atoms with E-state index in [1.807, 2.05) is 52.8 Å². The fourth-order valence-corrected chi connectivity index (χ4v) is 6.32. The van der Waals surface area contributed by atoms with Crippen molar-refractivity contribution in [3.05, 3.63) is 54.4 Å². The van der Waals surface area contributed by atoms with Gasteiger partial charge in [-0.25, -0.2) is 0 Å². The molecule has 1 N–H and O–H groups in total. The number of hydrogen-bond acceptors (Lipinski definition) is 9. The maximum atomic E-state index is 14.0. The van der Waals surface area contributed by atoms with Crippen LogP contribution in [0.3, 0.4) is 0 Å². The molecule has 11 nitrogen and oxygen atoms in total. The number of pyridine rings is 1. The first-order valence-electron chi connectivity index (χ1n) is 15.1. The van der Waals surface area contributed by atoms with Gasteiger partial charge in [-0.05, 0) is 6.92 Å². The van der Waals surface area contributed by atoms with Crippen molar-refractivity contribution in [2.24, 2.45) is 16.9 Å². The number of Topliss-reactive ketones (excluding diaryl/α,β-unsaturated/α-hetero) is 1. The molecular weight excluding hydrogens is 563 g/mol. The average Bonchev–Trinajstić information content (AvgIpc) is 3.36. The van der Waals surface area contributed by atoms with Crippen LogP contribution in [0.25, 0.3) is 21.8 Å². The Kier molecular flexibility index (Phi) is 9.82. The summed E-state index contributed by atoms with van der Waals surface area (Å²) in [5, 5.41) is 5.31. The van der Waals surface area contributed by atoms with Gasteiger partial charge in [-0.15, -0.1) is 0 Å². The van der Waals surface area contributed by atoms with Crippen molar-refractivity contribution in [3.8, 4) is 0 Å². The van der Waals surface area contributed by atoms with E-state index >= 15 is 0 Å². The summed E-state index contributed by atoms with van der Waals surface area (Å²) in [4.78, 5) is 41.7. The minimum atomic E-state index is -0.934. The zero-order valence-electron chi connectivity index (χ0n) is 25.9. The summed E-state index contributed by atoms with van der Waals surface area (Å²) in [6, 6.07) is 7.74. The van der Waals surface area contributed by atoms with E-state index in [0.29, 0.717) is 17.6 Å². The number of carbonyl (C=O) groups is 2. The normalized spacial score (nSPS) is 27.2. The Labute approximate surface area is 258 Å². The summed E-state index contributed by atoms with van der Waals surface area (Å²) in [6.45, 7) is 13.8. The van der Waals surface area contributed by atoms with Crippen LogP contribution in [0.2, 0.25) is 0 Å². The Balaban J connectivity index is 1.33. The van der Waals surface area contributed by atoms with Crippen LogP contribution in [-0.2, 0) is 23.8 Å². The van der Waals surface area contributed by atoms with Crippen LogP contribution in [-0.4, -0.2) is 84.5 Å². The number of hydrogen-bond donors (Lipinski definition) is 1. The second-order valence-electron chi connectivity index (χ2n) is 12.0. The molecule has 12 heteroatoms. The summed E-state index contributed by atoms with van der Waals surface area (Å²) < 4.78 is 23.9. The van der Waals surface area contributed by atoms with Crippen molar-refractivity contribution in [2.75, 3.05) is 13.2 Å². The minimum absolute atomic E-state index is 0.0271. The first-order chi connectivity index (χ1) is 21.1. The Morgan fingerprint density at radius 2 is 2.05 bits per heavy atom. The van der Waals surface area contributed by atoms with Gasteiger partial charge in [0.05, 0.1) is 0 Å². The number of rotatable bonds is 10. The molecule has 2 fully saturated rings. The van der Waals surface area contributed by atoms with Crippen LogP contribution >= 0.6 is 0 Å². The predicted molar refractivity (Wildman–Crippen MR) is 165 cm³/mol. The van der Waals surface area contributed by atoms with Gasteiger partial charge in [-0.1, -0.05) is 24.3 Å². The van der Waals surface area contributed by atoms with Crippen LogP contribution in [0.1, 0.15) is 56.6 Å². The molecule has 7 atom stereocenters. The van der Waals surface area contributed by atoms with Gasteiger partial charge in [-0.3, -0.25) is 0 Å². The fraction of sp³-hybridized carbons (Fsp3) is 0.531. The molecule has 2 aromatic heterocycles. The Morgan fingerprint density at radius 1 is 1.25 bits per heavy atom. The standard InChI is InChI=1S/C32H40BN4O7/c1-7-12-40-32(39)37(17(2)3)25-16-41-27(14-19(25)5)43-26-15-22(20(6)42-31(26)44-36-33)30(38)29-28-21(10-11-34-29)23-13-18(4)8-9-24(23)35-28/h7-11,13,17,19-20,22,25-27,31,35H,1,12,14-16H2,2-6H3. The maximum absolute atomic E-state index is 14.0. The third-order valence-corrected chi connectivity index (χ3v) is 8.57. The predicted octanol–water partition coefficient (Wildman–Crippen LogP) is 5.41. The number of aromatic nitrogens is 2. The van der Waals surface area contributed by atoms with Gasteiger partial charge < -0.3 is 0 Å². The Morgan fingerprint density at radius 3 is 2.75 bits per heavy atom. The second-order valence-corrected chi connectivity index (χ2v) is 12.0. The quantitative estimate of drug-likeness (QED) is 0.141. The molecule has 0 saturated carbocycles. The zero-order chi connectivity index (χ0) is 31.5. The third-order valence-electron chi connectivity index (χ3n) is 8.57. The van der Waals surface area contributed by atoms with E-state index in [-0.39, 0.29) is 43.4 Å². The number of nitrogens with zero attached hydrogens (tertiary/aromatic N) is 3. The topological polar surface area (TPSA) is 125 Å². The molecule has 0 spiro atoms. The van der Waals surface area contributed by atoms with E-state index in [9.17, 15) is 9.59 Å². The van der Waals surface area contributed by atoms with E-state index in [1.54, 1.807) is 11.1 Å². The third kappa shape index (κ3) is 6.43. The van der Waals surface area contributed by atoms with Crippen molar-refractivity contribution in [1.29, 1.82) is 0 Å². The number of ether oxygens (including phenoxy) is 4. The molecule has 233 valence electrons. The monoisotopic (exact) mass is 603 g/mol. The molecule has 44 heavy (non-hydrogen) atoms. The number of carbonyl (C=O) groups excluding carboxylic acids is 2. The van der Waals surface area contributed by atoms with E-state index in [1.165, 1.54) is 6.08 Å². The first kappa shape index (κ1) is 31.8. The van der Waals surface area contributed by atoms with Gasteiger partial charge in [0.2, 0.25) is 0 Å². The molecule has 2 saturated heterocycles. The average molecular weight is 604 g/mol. The molecule has 0 bridgehead atoms. The van der Waals surface area contributed by atoms with Crippen molar-refractivity contribution in [2.45, 2.75) is 84.3 Å². The molecule has 2 aliphatic heterocycles. The number of aromatic amines is 1. The molecular formula is C32H40BN4O7. The molecule has 3 aromatic rings. The number of nitrogens with one attached hydrogen (secondary N) is 1. The molecule has 7 unspecified atom stereocenters. The molecule has 2 aliphatic rings. The number of ketones is 1. The van der Waals surface area contributed by atoms with Crippen LogP contribution in [0.15, 0.2) is 48.2 Å². The summed E-state index contributed by atoms with van der Waals surface area (Å²) in [7, 11) is 5.36. The van der Waals surface area contributed by atoms with Crippen molar-refractivity contribution in [3.63, 3.8) is 0 Å². The van der Waals surface area contributed by atoms with Gasteiger partial charge in [0.25, 0.3) is 0 Å². The van der Waals surface area contributed by atoms with E-state index in [0.717, 1.165) is 21.9 Å². The molecule has 1 aromatic carbocycles. The summed E-state index contributed by atoms with van der Waals surface area (Å²) in [6.07, 6.45) is 0.776. The fourth-order valence-electron chi connectivity index (χ4n) is 6.32. The van der Waals surface area contributed by atoms with Crippen molar-refractivity contribution < 1.29 is 33.4 Å². The number of aryl methyl sites for hydroxylation is 1. The van der Waals surface area contributed by atoms with Crippen LogP contribution in [0.4, 0.5) is 4.79 Å². The van der Waals surface area contributed by atoms with Crippen molar-refractivity contribution in [1.82, 2.24) is 14.9 Å². The van der Waals surface area contributed by atoms with Gasteiger partial charge in [0, 0.05) is 0 Å². The van der Waals surface area contributed by atoms with E-state index in [4.69, 9.17) is 31.4 Å². The molecule has 4 heterocycles. The summed E-state index contributed by atoms with van der Waals surface area (Å²) >= 11 is 0. The molecule has 5 rings (SSSR count). The van der Waals surface area contributed by atoms with Crippen LogP contribution < -0.4 is 0 Å². The first-order valence-corrected chi connectivity index (χ1v) is 15.1. The van der Waals surface area contributed by atoms with Gasteiger partial charge in [0.1, 0.15) is 6.61 Å². The SMILES string of the molecule is [B]=NOC1OC(C)C(C(=O)c2nccc3c2[nH]c2ccc(C)cc23)CC1OC1CC(C)C(N(C(=O)OCC=C)C(C)C)CO1. The Hall–Kier alpha value is -3.61. The number of H-pyrrole nitrogens is 1. The second kappa shape index (κ2) is 13.6. The Bertz CT molecular complexity index is 1530. The van der Waals surface area contributed by atoms with E-state index < -0.39 is 36.8 Å². The van der Waals surface area contributed by atoms with Gasteiger partial charge >= 0.3 is 221 Å². The molecule has 1 amide bonds. The summed E-state index contributed by atoms with van der Waals surface area (Å²) in [5.41, 5.74) is 3.10. The van der Waals surface area contributed by atoms with Gasteiger partial charge in [-0.2, -0.15) is 0 Å². The summed E-state index contributed by atoms with van der Waals surface area (Å²) in [5.74, 6) is -0.709. The van der Waals surface area contributed by atoms with E-state index in [2.05, 4.69) is 27.7 Å². The molecule has 0 aliphatic carbocycles. The molecule has 1 radical (unpaired) electrons. The van der Waals surface area contributed by atoms with Gasteiger partial charge in [0.15, 0.2) is 0 Å². The van der Waals surface area contributed by atoms with Crippen molar-refractivity contribution >= 4 is 41.3 Å². The zero-order valence-corrected chi connectivity index (χ0v) is 25.9. The van der Waals surface area contributed by atoms with Crippen LogP contribution in [0.5, 0.6) is 0 Å². The van der Waals surface area contributed by atoms with Crippen LogP contribution in [0, 0.1) is 18.8 Å². The number of amides is 1. The number of benzene rings is 1. The number of fused-ring (bicyclic) bond motifs is 3.